The third-order valence-electron chi connectivity index (χ3n) is 9.50. The van der Waals surface area contributed by atoms with E-state index in [1.165, 1.54) is 0 Å². The van der Waals surface area contributed by atoms with Crippen LogP contribution in [0.4, 0.5) is 0 Å². The molecule has 9 heteroatoms. The third kappa shape index (κ3) is 5.35. The zero-order valence-corrected chi connectivity index (χ0v) is 25.0. The van der Waals surface area contributed by atoms with Gasteiger partial charge in [0.1, 0.15) is 11.6 Å². The van der Waals surface area contributed by atoms with Crippen LogP contribution in [0.1, 0.15) is 71.6 Å². The van der Waals surface area contributed by atoms with E-state index in [9.17, 15) is 19.5 Å². The summed E-state index contributed by atoms with van der Waals surface area (Å²) in [7, 11) is 0. The molecule has 1 N–H and O–H groups in total. The Kier molecular flexibility index (Phi) is 9.97. The number of unbranched alkanes of at least 4 members (excludes halogenated alkanes) is 1. The molecule has 8 nitrogen and oxygen atoms in total. The van der Waals surface area contributed by atoms with E-state index < -0.39 is 41.6 Å². The second-order valence-electron chi connectivity index (χ2n) is 11.7. The molecule has 1 saturated carbocycles. The predicted molar refractivity (Wildman–Crippen MR) is 152 cm³/mol. The molecule has 0 aromatic heterocycles. The number of carbonyl (C=O) groups excluding carboxylic acids is 3. The highest BCUT2D eigenvalue weighted by Crippen LogP contribution is 2.61. The van der Waals surface area contributed by atoms with Crippen molar-refractivity contribution in [2.45, 2.75) is 106 Å². The Morgan fingerprint density at radius 1 is 1.28 bits per heavy atom. The van der Waals surface area contributed by atoms with Crippen LogP contribution in [-0.2, 0) is 23.9 Å². The van der Waals surface area contributed by atoms with Gasteiger partial charge in [0.05, 0.1) is 37.2 Å². The first-order valence-electron chi connectivity index (χ1n) is 14.7. The molecule has 4 aliphatic rings. The normalized spacial score (nSPS) is 33.5. The Morgan fingerprint density at radius 3 is 2.62 bits per heavy atom. The van der Waals surface area contributed by atoms with Crippen LogP contribution in [0.5, 0.6) is 0 Å². The number of fused-ring (bicyclic) bond motifs is 1. The van der Waals surface area contributed by atoms with Crippen molar-refractivity contribution in [3.05, 3.63) is 25.3 Å². The molecule has 39 heavy (non-hydrogen) atoms. The number of carbonyl (C=O) groups is 3. The zero-order valence-electron chi connectivity index (χ0n) is 23.4. The minimum absolute atomic E-state index is 0.0479. The number of alkyl halides is 1. The SMILES string of the molecule is C=CCCCOC(=O)[C@H]1[C@@H]2OC3(CC2Br)C(C(=O)N(CC=C)C2CCCCC2)N([C@@H](CO)[C@@H](C)CC)C(=O)[C@H]13. The molecule has 2 amide bonds. The zero-order chi connectivity index (χ0) is 28.3. The smallest absolute Gasteiger partial charge is 0.312 e. The Morgan fingerprint density at radius 2 is 2.00 bits per heavy atom. The van der Waals surface area contributed by atoms with Gasteiger partial charge in [-0.15, -0.1) is 13.2 Å². The van der Waals surface area contributed by atoms with E-state index in [0.717, 1.165) is 44.9 Å². The van der Waals surface area contributed by atoms with E-state index >= 15 is 0 Å². The number of amides is 2. The van der Waals surface area contributed by atoms with Crippen LogP contribution in [0, 0.1) is 17.8 Å². The predicted octanol–water partition coefficient (Wildman–Crippen LogP) is 4.00. The Hall–Kier alpha value is -1.71. The first-order valence-corrected chi connectivity index (χ1v) is 15.6. The quantitative estimate of drug-likeness (QED) is 0.147. The molecule has 3 saturated heterocycles. The maximum Gasteiger partial charge on any atom is 0.312 e. The average Bonchev–Trinajstić information content (AvgIpc) is 3.53. The highest BCUT2D eigenvalue weighted by molar-refractivity contribution is 9.09. The van der Waals surface area contributed by atoms with Gasteiger partial charge in [-0.3, -0.25) is 14.4 Å². The Bertz CT molecular complexity index is 938. The minimum Gasteiger partial charge on any atom is -0.465 e. The molecule has 218 valence electrons. The fraction of sp³-hybridized carbons (Fsp3) is 0.767. The summed E-state index contributed by atoms with van der Waals surface area (Å²) >= 11 is 3.72. The summed E-state index contributed by atoms with van der Waals surface area (Å²) in [5, 5.41) is 10.5. The average molecular weight is 610 g/mol. The number of hydrogen-bond donors (Lipinski definition) is 1. The lowest BCUT2D eigenvalue weighted by Gasteiger charge is -2.43. The molecule has 1 spiro atoms. The summed E-state index contributed by atoms with van der Waals surface area (Å²) < 4.78 is 12.3. The van der Waals surface area contributed by atoms with Gasteiger partial charge in [0.2, 0.25) is 11.8 Å². The maximum absolute atomic E-state index is 14.7. The van der Waals surface area contributed by atoms with E-state index in [1.54, 1.807) is 17.1 Å². The van der Waals surface area contributed by atoms with Crippen molar-refractivity contribution in [2.24, 2.45) is 17.8 Å². The Labute approximate surface area is 241 Å². The van der Waals surface area contributed by atoms with Crippen molar-refractivity contribution in [1.29, 1.82) is 0 Å². The van der Waals surface area contributed by atoms with Crippen LogP contribution in [0.2, 0.25) is 0 Å². The van der Waals surface area contributed by atoms with Gasteiger partial charge >= 0.3 is 5.97 Å². The summed E-state index contributed by atoms with van der Waals surface area (Å²) in [6.45, 7) is 12.0. The number of nitrogens with zero attached hydrogens (tertiary/aromatic N) is 2. The van der Waals surface area contributed by atoms with E-state index in [1.807, 2.05) is 18.7 Å². The van der Waals surface area contributed by atoms with E-state index in [-0.39, 0.29) is 41.8 Å². The van der Waals surface area contributed by atoms with Gasteiger partial charge in [0.25, 0.3) is 0 Å². The molecule has 2 bridgehead atoms. The van der Waals surface area contributed by atoms with Crippen LogP contribution in [-0.4, -0.2) is 87.1 Å². The topological polar surface area (TPSA) is 96.4 Å². The van der Waals surface area contributed by atoms with Crippen molar-refractivity contribution < 1.29 is 29.0 Å². The number of rotatable bonds is 13. The van der Waals surface area contributed by atoms with Gasteiger partial charge in [-0.05, 0) is 38.0 Å². The van der Waals surface area contributed by atoms with Crippen molar-refractivity contribution in [2.75, 3.05) is 19.8 Å². The second kappa shape index (κ2) is 12.9. The fourth-order valence-corrected chi connectivity index (χ4v) is 8.33. The van der Waals surface area contributed by atoms with E-state index in [0.29, 0.717) is 19.4 Å². The first kappa shape index (κ1) is 30.3. The number of halogens is 1. The summed E-state index contributed by atoms with van der Waals surface area (Å²) in [5.41, 5.74) is -1.16. The number of esters is 1. The highest BCUT2D eigenvalue weighted by atomic mass is 79.9. The van der Waals surface area contributed by atoms with Crippen LogP contribution in [0.3, 0.4) is 0 Å². The van der Waals surface area contributed by atoms with Gasteiger partial charge in [0, 0.05) is 17.4 Å². The van der Waals surface area contributed by atoms with Crippen molar-refractivity contribution in [1.82, 2.24) is 9.80 Å². The molecule has 3 aliphatic heterocycles. The number of ether oxygens (including phenoxy) is 2. The third-order valence-corrected chi connectivity index (χ3v) is 10.3. The van der Waals surface area contributed by atoms with E-state index in [4.69, 9.17) is 9.47 Å². The van der Waals surface area contributed by atoms with Gasteiger partial charge in [-0.25, -0.2) is 0 Å². The molecule has 0 aromatic rings. The number of aliphatic hydroxyl groups is 1. The van der Waals surface area contributed by atoms with Gasteiger partial charge in [-0.2, -0.15) is 0 Å². The minimum atomic E-state index is -1.16. The van der Waals surface area contributed by atoms with Crippen LogP contribution in [0.15, 0.2) is 25.3 Å². The largest absolute Gasteiger partial charge is 0.465 e. The molecule has 0 radical (unpaired) electrons. The molecular formula is C30H45BrN2O6. The highest BCUT2D eigenvalue weighted by Gasteiger charge is 2.77. The summed E-state index contributed by atoms with van der Waals surface area (Å²) in [4.78, 5) is 45.8. The lowest BCUT2D eigenvalue weighted by Crippen LogP contribution is -2.61. The lowest BCUT2D eigenvalue weighted by atomic mass is 9.70. The summed E-state index contributed by atoms with van der Waals surface area (Å²) in [6.07, 6.45) is 10.6. The maximum atomic E-state index is 14.7. The number of likely N-dealkylation sites (tertiary alicyclic amines) is 1. The van der Waals surface area contributed by atoms with E-state index in [2.05, 4.69) is 29.1 Å². The van der Waals surface area contributed by atoms with Gasteiger partial charge < -0.3 is 24.4 Å². The number of aliphatic hydroxyl groups excluding tert-OH is 1. The standard InChI is InChI=1S/C30H45BrN2O6/c1-5-8-12-16-38-29(37)23-24-27(35)33(22(18-34)19(4)7-3)26(30(24)17-21(31)25(23)39-30)28(36)32(15-6-2)20-13-10-9-11-14-20/h5-6,19-26,34H,1-2,7-18H2,3-4H3/t19-,21?,22-,23+,24-,25+,26?,30?/m0/s1. The number of hydrogen-bond acceptors (Lipinski definition) is 6. The van der Waals surface area contributed by atoms with Crippen molar-refractivity contribution in [3.8, 4) is 0 Å². The van der Waals surface area contributed by atoms with Crippen molar-refractivity contribution >= 4 is 33.7 Å². The molecule has 3 unspecified atom stereocenters. The molecule has 0 aromatic carbocycles. The first-order chi connectivity index (χ1) is 18.8. The fourth-order valence-electron chi connectivity index (χ4n) is 7.39. The summed E-state index contributed by atoms with van der Waals surface area (Å²) in [5.74, 6) is -2.59. The Balaban J connectivity index is 1.75. The lowest BCUT2D eigenvalue weighted by molar-refractivity contribution is -0.157. The molecule has 4 rings (SSSR count). The molecule has 1 aliphatic carbocycles. The van der Waals surface area contributed by atoms with Gasteiger partial charge in [0.15, 0.2) is 0 Å². The van der Waals surface area contributed by atoms with Crippen LogP contribution < -0.4 is 0 Å². The second-order valence-corrected chi connectivity index (χ2v) is 12.9. The molecule has 4 fully saturated rings. The molecule has 8 atom stereocenters. The van der Waals surface area contributed by atoms with Crippen molar-refractivity contribution in [3.63, 3.8) is 0 Å². The van der Waals surface area contributed by atoms with Crippen LogP contribution in [0.25, 0.3) is 0 Å². The van der Waals surface area contributed by atoms with Crippen LogP contribution >= 0.6 is 15.9 Å². The molecule has 3 heterocycles. The molecular weight excluding hydrogens is 564 g/mol. The van der Waals surface area contributed by atoms with Gasteiger partial charge in [-0.1, -0.05) is 67.6 Å². The number of allylic oxidation sites excluding steroid dienone is 1. The monoisotopic (exact) mass is 608 g/mol. The summed E-state index contributed by atoms with van der Waals surface area (Å²) in [6, 6.07) is -1.42.